The lowest BCUT2D eigenvalue weighted by molar-refractivity contribution is -0.131. The highest BCUT2D eigenvalue weighted by molar-refractivity contribution is 6.05. The number of imide groups is 1. The van der Waals surface area contributed by atoms with Gasteiger partial charge in [0, 0.05) is 26.2 Å². The van der Waals surface area contributed by atoms with Gasteiger partial charge in [-0.3, -0.25) is 19.4 Å². The molecule has 3 rings (SSSR count). The molecule has 2 N–H and O–H groups in total. The molecule has 0 aromatic heterocycles. The van der Waals surface area contributed by atoms with Crippen molar-refractivity contribution in [3.63, 3.8) is 0 Å². The second-order valence-corrected chi connectivity index (χ2v) is 6.56. The number of ether oxygens (including phenoxy) is 1. The molecule has 2 fully saturated rings. The summed E-state index contributed by atoms with van der Waals surface area (Å²) in [6, 6.07) is 4.24. The number of carbonyl (C=O) groups is 3. The molecule has 0 unspecified atom stereocenters. The van der Waals surface area contributed by atoms with E-state index in [0.717, 1.165) is 18.0 Å². The molecule has 0 spiro atoms. The number of carbonyl (C=O) groups excluding carboxylic acids is 3. The maximum absolute atomic E-state index is 13.3. The van der Waals surface area contributed by atoms with Crippen LogP contribution in [0.4, 0.5) is 9.18 Å². The summed E-state index contributed by atoms with van der Waals surface area (Å²) in [4.78, 5) is 39.7. The summed E-state index contributed by atoms with van der Waals surface area (Å²) in [6.07, 6.45) is -0.118. The molecule has 0 aliphatic carbocycles. The Morgan fingerprint density at radius 2 is 2.07 bits per heavy atom. The van der Waals surface area contributed by atoms with E-state index in [1.807, 2.05) is 0 Å². The smallest absolute Gasteiger partial charge is 0.325 e. The topological polar surface area (TPSA) is 91.0 Å². The van der Waals surface area contributed by atoms with Crippen molar-refractivity contribution in [1.82, 2.24) is 20.4 Å². The largest absolute Gasteiger partial charge is 0.379 e. The molecule has 2 aliphatic rings. The summed E-state index contributed by atoms with van der Waals surface area (Å²) in [5.74, 6) is -1.21. The lowest BCUT2D eigenvalue weighted by Crippen LogP contribution is -2.42. The summed E-state index contributed by atoms with van der Waals surface area (Å²) in [7, 11) is 0. The van der Waals surface area contributed by atoms with E-state index in [9.17, 15) is 18.8 Å². The molecule has 27 heavy (non-hydrogen) atoms. The van der Waals surface area contributed by atoms with Crippen LogP contribution in [0.15, 0.2) is 24.3 Å². The van der Waals surface area contributed by atoms with Gasteiger partial charge >= 0.3 is 6.03 Å². The maximum Gasteiger partial charge on any atom is 0.325 e. The predicted molar refractivity (Wildman–Crippen MR) is 94.2 cm³/mol. The third kappa shape index (κ3) is 5.24. The number of rotatable bonds is 7. The van der Waals surface area contributed by atoms with Crippen molar-refractivity contribution in [1.29, 1.82) is 0 Å². The van der Waals surface area contributed by atoms with Crippen LogP contribution in [0.2, 0.25) is 0 Å². The van der Waals surface area contributed by atoms with Crippen molar-refractivity contribution in [3.8, 4) is 0 Å². The number of hydrogen-bond donors (Lipinski definition) is 2. The molecule has 8 nitrogen and oxygen atoms in total. The minimum atomic E-state index is -0.894. The van der Waals surface area contributed by atoms with E-state index in [2.05, 4.69) is 15.5 Å². The second-order valence-electron chi connectivity index (χ2n) is 6.56. The van der Waals surface area contributed by atoms with Crippen LogP contribution in [0.5, 0.6) is 0 Å². The van der Waals surface area contributed by atoms with Gasteiger partial charge in [0.05, 0.1) is 26.2 Å². The third-order valence-corrected chi connectivity index (χ3v) is 4.58. The Bertz CT molecular complexity index is 708. The fourth-order valence-electron chi connectivity index (χ4n) is 3.12. The Kier molecular flexibility index (Phi) is 6.36. The molecule has 0 saturated carbocycles. The van der Waals surface area contributed by atoms with Crippen LogP contribution < -0.4 is 10.6 Å². The van der Waals surface area contributed by atoms with E-state index in [-0.39, 0.29) is 18.9 Å². The minimum Gasteiger partial charge on any atom is -0.379 e. The first-order valence-electron chi connectivity index (χ1n) is 8.96. The van der Waals surface area contributed by atoms with Crippen LogP contribution in [-0.2, 0) is 20.9 Å². The lowest BCUT2D eigenvalue weighted by atomic mass is 10.1. The Labute approximate surface area is 156 Å². The van der Waals surface area contributed by atoms with Gasteiger partial charge in [0.2, 0.25) is 5.91 Å². The van der Waals surface area contributed by atoms with Crippen LogP contribution >= 0.6 is 0 Å². The molecule has 1 atom stereocenters. The highest BCUT2D eigenvalue weighted by Crippen LogP contribution is 2.14. The number of amides is 4. The number of halogens is 1. The van der Waals surface area contributed by atoms with Gasteiger partial charge in [-0.2, -0.15) is 0 Å². The molecule has 2 saturated heterocycles. The Hall–Kier alpha value is -2.52. The maximum atomic E-state index is 13.3. The number of urea groups is 1. The molecule has 1 aromatic carbocycles. The zero-order valence-electron chi connectivity index (χ0n) is 14.9. The van der Waals surface area contributed by atoms with Crippen molar-refractivity contribution in [2.75, 3.05) is 39.4 Å². The molecule has 4 amide bonds. The van der Waals surface area contributed by atoms with Crippen LogP contribution in [-0.4, -0.2) is 73.1 Å². The van der Waals surface area contributed by atoms with Gasteiger partial charge in [-0.25, -0.2) is 9.18 Å². The van der Waals surface area contributed by atoms with Gasteiger partial charge in [0.1, 0.15) is 11.9 Å². The van der Waals surface area contributed by atoms with Crippen LogP contribution in [0, 0.1) is 5.82 Å². The Morgan fingerprint density at radius 1 is 1.30 bits per heavy atom. The number of morpholine rings is 1. The molecule has 2 heterocycles. The van der Waals surface area contributed by atoms with E-state index < -0.39 is 23.8 Å². The minimum absolute atomic E-state index is 0.0302. The highest BCUT2D eigenvalue weighted by atomic mass is 19.1. The van der Waals surface area contributed by atoms with Gasteiger partial charge in [-0.1, -0.05) is 12.1 Å². The van der Waals surface area contributed by atoms with Gasteiger partial charge in [0.25, 0.3) is 5.91 Å². The zero-order valence-corrected chi connectivity index (χ0v) is 14.9. The van der Waals surface area contributed by atoms with E-state index >= 15 is 0 Å². The van der Waals surface area contributed by atoms with Crippen molar-refractivity contribution in [2.24, 2.45) is 0 Å². The Morgan fingerprint density at radius 3 is 2.81 bits per heavy atom. The molecule has 0 bridgehead atoms. The lowest BCUT2D eigenvalue weighted by Gasteiger charge is -2.26. The van der Waals surface area contributed by atoms with Gasteiger partial charge in [0.15, 0.2) is 0 Å². The number of nitrogens with zero attached hydrogens (tertiary/aromatic N) is 2. The molecule has 9 heteroatoms. The molecular formula is C18H23FN4O4. The molecule has 1 aromatic rings. The first-order chi connectivity index (χ1) is 13.0. The number of hydrogen-bond acceptors (Lipinski definition) is 5. The number of nitrogens with one attached hydrogen (secondary N) is 2. The molecule has 2 aliphatic heterocycles. The summed E-state index contributed by atoms with van der Waals surface area (Å²) in [6.45, 7) is 4.21. The molecular weight excluding hydrogens is 355 g/mol. The summed E-state index contributed by atoms with van der Waals surface area (Å²) in [5.41, 5.74) is 0.508. The SMILES string of the molecule is O=C(C[C@@H]1NC(=O)N(Cc2cccc(F)c2)C1=O)NCCN1CCOCC1. The van der Waals surface area contributed by atoms with Crippen LogP contribution in [0.1, 0.15) is 12.0 Å². The fraction of sp³-hybridized carbons (Fsp3) is 0.500. The first kappa shape index (κ1) is 19.2. The van der Waals surface area contributed by atoms with E-state index in [0.29, 0.717) is 31.9 Å². The quantitative estimate of drug-likeness (QED) is 0.656. The molecule has 0 radical (unpaired) electrons. The van der Waals surface area contributed by atoms with Gasteiger partial charge in [-0.15, -0.1) is 0 Å². The average molecular weight is 378 g/mol. The summed E-state index contributed by atoms with van der Waals surface area (Å²) in [5, 5.41) is 5.29. The highest BCUT2D eigenvalue weighted by Gasteiger charge is 2.38. The van der Waals surface area contributed by atoms with Crippen molar-refractivity contribution >= 4 is 17.8 Å². The first-order valence-corrected chi connectivity index (χ1v) is 8.96. The second kappa shape index (κ2) is 8.92. The van der Waals surface area contributed by atoms with Crippen molar-refractivity contribution < 1.29 is 23.5 Å². The normalized spacial score (nSPS) is 20.6. The summed E-state index contributed by atoms with van der Waals surface area (Å²) >= 11 is 0. The van der Waals surface area contributed by atoms with E-state index in [1.54, 1.807) is 6.07 Å². The van der Waals surface area contributed by atoms with E-state index in [1.165, 1.54) is 18.2 Å². The third-order valence-electron chi connectivity index (χ3n) is 4.58. The zero-order chi connectivity index (χ0) is 19.2. The monoisotopic (exact) mass is 378 g/mol. The van der Waals surface area contributed by atoms with Crippen LogP contribution in [0.25, 0.3) is 0 Å². The Balaban J connectivity index is 1.45. The fourth-order valence-corrected chi connectivity index (χ4v) is 3.12. The number of benzene rings is 1. The van der Waals surface area contributed by atoms with E-state index in [4.69, 9.17) is 4.74 Å². The average Bonchev–Trinajstić information content (AvgIpc) is 2.90. The standard InChI is InChI=1S/C18H23FN4O4/c19-14-3-1-2-13(10-14)12-23-17(25)15(21-18(23)26)11-16(24)20-4-5-22-6-8-27-9-7-22/h1-3,10,15H,4-9,11-12H2,(H,20,24)(H,21,26)/t15-/m0/s1. The molecule has 146 valence electrons. The van der Waals surface area contributed by atoms with Gasteiger partial charge in [-0.05, 0) is 17.7 Å². The van der Waals surface area contributed by atoms with Crippen molar-refractivity contribution in [2.45, 2.75) is 19.0 Å². The van der Waals surface area contributed by atoms with Crippen LogP contribution in [0.3, 0.4) is 0 Å². The van der Waals surface area contributed by atoms with Gasteiger partial charge < -0.3 is 15.4 Å². The summed E-state index contributed by atoms with van der Waals surface area (Å²) < 4.78 is 18.5. The van der Waals surface area contributed by atoms with Crippen molar-refractivity contribution in [3.05, 3.63) is 35.6 Å². The predicted octanol–water partition coefficient (Wildman–Crippen LogP) is 0.0846.